The van der Waals surface area contributed by atoms with Crippen LogP contribution in [0.2, 0.25) is 0 Å². The van der Waals surface area contributed by atoms with Gasteiger partial charge in [0.2, 0.25) is 0 Å². The van der Waals surface area contributed by atoms with E-state index in [0.717, 1.165) is 29.5 Å². The Morgan fingerprint density at radius 2 is 2.04 bits per heavy atom. The summed E-state index contributed by atoms with van der Waals surface area (Å²) < 4.78 is 34.3. The van der Waals surface area contributed by atoms with E-state index >= 15 is 0 Å². The number of aryl methyl sites for hydroxylation is 1. The molecule has 2 aromatic carbocycles. The molecule has 25 heavy (non-hydrogen) atoms. The molecule has 3 aromatic rings. The maximum atomic E-state index is 13.8. The highest BCUT2D eigenvalue weighted by Gasteiger charge is 2.28. The Morgan fingerprint density at radius 3 is 2.88 bits per heavy atom. The molecule has 7 heteroatoms. The van der Waals surface area contributed by atoms with Crippen LogP contribution in [0, 0.1) is 11.6 Å². The molecule has 0 fully saturated rings. The molecule has 0 radical (unpaired) electrons. The van der Waals surface area contributed by atoms with Gasteiger partial charge in [-0.25, -0.2) is 8.78 Å². The highest BCUT2D eigenvalue weighted by molar-refractivity contribution is 6.05. The van der Waals surface area contributed by atoms with Crippen molar-refractivity contribution in [1.82, 2.24) is 9.78 Å². The summed E-state index contributed by atoms with van der Waals surface area (Å²) in [7, 11) is 1.72. The van der Waals surface area contributed by atoms with Gasteiger partial charge < -0.3 is 10.1 Å². The molecule has 0 atom stereocenters. The van der Waals surface area contributed by atoms with Crippen LogP contribution in [0.15, 0.2) is 42.5 Å². The van der Waals surface area contributed by atoms with E-state index in [1.807, 2.05) is 24.3 Å². The van der Waals surface area contributed by atoms with Crippen LogP contribution in [0.3, 0.4) is 0 Å². The van der Waals surface area contributed by atoms with Crippen molar-refractivity contribution >= 4 is 11.6 Å². The van der Waals surface area contributed by atoms with Crippen LogP contribution in [0.5, 0.6) is 5.75 Å². The summed E-state index contributed by atoms with van der Waals surface area (Å²) >= 11 is 0. The number of nitrogens with one attached hydrogen (secondary N) is 1. The number of hydrogen-bond donors (Lipinski definition) is 1. The van der Waals surface area contributed by atoms with Crippen LogP contribution in [0.4, 0.5) is 14.5 Å². The van der Waals surface area contributed by atoms with Crippen LogP contribution >= 0.6 is 0 Å². The maximum absolute atomic E-state index is 13.8. The Bertz CT molecular complexity index is 998. The summed E-state index contributed by atoms with van der Waals surface area (Å²) in [6.45, 7) is 0.175. The first kappa shape index (κ1) is 15.3. The van der Waals surface area contributed by atoms with Gasteiger partial charge in [0.1, 0.15) is 24.0 Å². The van der Waals surface area contributed by atoms with Crippen molar-refractivity contribution in [2.75, 3.05) is 5.32 Å². The van der Waals surface area contributed by atoms with Gasteiger partial charge in [-0.15, -0.1) is 0 Å². The van der Waals surface area contributed by atoms with Gasteiger partial charge in [-0.2, -0.15) is 5.10 Å². The Hall–Kier alpha value is -3.22. The second-order valence-corrected chi connectivity index (χ2v) is 5.66. The third-order valence-electron chi connectivity index (χ3n) is 4.05. The summed E-state index contributed by atoms with van der Waals surface area (Å²) in [5.41, 5.74) is 2.09. The molecule has 1 aliphatic rings. The molecular formula is C18H13F2N3O2. The van der Waals surface area contributed by atoms with E-state index in [0.29, 0.717) is 11.3 Å². The van der Waals surface area contributed by atoms with E-state index in [4.69, 9.17) is 4.74 Å². The number of fused-ring (bicyclic) bond motifs is 3. The number of hydrogen-bond acceptors (Lipinski definition) is 3. The van der Waals surface area contributed by atoms with Crippen molar-refractivity contribution in [3.8, 4) is 17.0 Å². The van der Waals surface area contributed by atoms with Crippen LogP contribution in [-0.4, -0.2) is 15.7 Å². The molecule has 4 rings (SSSR count). The zero-order chi connectivity index (χ0) is 17.6. The Balaban J connectivity index is 1.73. The number of nitrogens with zero attached hydrogens (tertiary/aromatic N) is 2. The normalized spacial score (nSPS) is 12.1. The molecule has 1 amide bonds. The smallest absolute Gasteiger partial charge is 0.276 e. The highest BCUT2D eigenvalue weighted by Crippen LogP contribution is 2.38. The number of para-hydroxylation sites is 1. The number of aromatic nitrogens is 2. The van der Waals surface area contributed by atoms with E-state index in [-0.39, 0.29) is 18.0 Å². The topological polar surface area (TPSA) is 56.2 Å². The van der Waals surface area contributed by atoms with Gasteiger partial charge >= 0.3 is 0 Å². The molecule has 0 aliphatic carbocycles. The molecule has 0 spiro atoms. The zero-order valence-electron chi connectivity index (χ0n) is 13.2. The summed E-state index contributed by atoms with van der Waals surface area (Å²) in [5, 5.41) is 6.62. The van der Waals surface area contributed by atoms with Crippen LogP contribution in [0.1, 0.15) is 16.1 Å². The lowest BCUT2D eigenvalue weighted by molar-refractivity contribution is 0.101. The van der Waals surface area contributed by atoms with Gasteiger partial charge in [0.15, 0.2) is 5.69 Å². The monoisotopic (exact) mass is 341 g/mol. The fraction of sp³-hybridized carbons (Fsp3) is 0.111. The minimum Gasteiger partial charge on any atom is -0.488 e. The molecule has 0 saturated carbocycles. The van der Waals surface area contributed by atoms with Crippen LogP contribution < -0.4 is 10.1 Å². The van der Waals surface area contributed by atoms with E-state index in [9.17, 15) is 13.6 Å². The molecule has 2 heterocycles. The lowest BCUT2D eigenvalue weighted by atomic mass is 10.0. The molecule has 126 valence electrons. The fourth-order valence-electron chi connectivity index (χ4n) is 2.94. The first-order valence-corrected chi connectivity index (χ1v) is 7.59. The first-order chi connectivity index (χ1) is 12.0. The lowest BCUT2D eigenvalue weighted by Crippen LogP contribution is -2.17. The minimum atomic E-state index is -0.721. The molecule has 1 N–H and O–H groups in total. The Morgan fingerprint density at radius 1 is 1.24 bits per heavy atom. The quantitative estimate of drug-likeness (QED) is 0.776. The largest absolute Gasteiger partial charge is 0.488 e. The molecule has 5 nitrogen and oxygen atoms in total. The van der Waals surface area contributed by atoms with E-state index in [2.05, 4.69) is 10.4 Å². The Labute approximate surface area is 141 Å². The van der Waals surface area contributed by atoms with Gasteiger partial charge in [-0.1, -0.05) is 12.1 Å². The number of benzene rings is 2. The predicted molar refractivity (Wildman–Crippen MR) is 87.3 cm³/mol. The number of halogens is 2. The minimum absolute atomic E-state index is 0.121. The third kappa shape index (κ3) is 2.53. The second-order valence-electron chi connectivity index (χ2n) is 5.66. The average Bonchev–Trinajstić information content (AvgIpc) is 2.95. The van der Waals surface area contributed by atoms with Crippen LogP contribution in [-0.2, 0) is 13.7 Å². The van der Waals surface area contributed by atoms with Crippen molar-refractivity contribution in [3.05, 3.63) is 65.4 Å². The zero-order valence-corrected chi connectivity index (χ0v) is 13.2. The second kappa shape index (κ2) is 5.70. The first-order valence-electron chi connectivity index (χ1n) is 7.59. The predicted octanol–water partition coefficient (Wildman–Crippen LogP) is 3.51. The van der Waals surface area contributed by atoms with Crippen LogP contribution in [0.25, 0.3) is 11.3 Å². The molecule has 0 bridgehead atoms. The van der Waals surface area contributed by atoms with Crippen molar-refractivity contribution in [1.29, 1.82) is 0 Å². The van der Waals surface area contributed by atoms with Crippen molar-refractivity contribution in [2.45, 2.75) is 6.61 Å². The number of ether oxygens (including phenoxy) is 1. The van der Waals surface area contributed by atoms with Crippen molar-refractivity contribution in [2.24, 2.45) is 7.05 Å². The number of anilines is 1. The number of amides is 1. The molecule has 1 aromatic heterocycles. The Kier molecular flexibility index (Phi) is 3.49. The standard InChI is InChI=1S/C18H13F2N3O2/c1-23-17-11-4-2-3-5-15(11)25-9-12(17)16(22-23)18(24)21-14-8-10(19)6-7-13(14)20/h2-8H,9H2,1H3,(H,21,24). The summed E-state index contributed by atoms with van der Waals surface area (Å²) in [4.78, 5) is 12.5. The van der Waals surface area contributed by atoms with E-state index in [1.165, 1.54) is 0 Å². The van der Waals surface area contributed by atoms with Gasteiger partial charge in [0.05, 0.1) is 11.4 Å². The summed E-state index contributed by atoms with van der Waals surface area (Å²) in [6.07, 6.45) is 0. The SMILES string of the molecule is Cn1nc(C(=O)Nc2cc(F)ccc2F)c2c1-c1ccccc1OC2. The van der Waals surface area contributed by atoms with Gasteiger partial charge in [0, 0.05) is 24.2 Å². The summed E-state index contributed by atoms with van der Waals surface area (Å²) in [6, 6.07) is 10.3. The lowest BCUT2D eigenvalue weighted by Gasteiger charge is -2.18. The molecule has 0 unspecified atom stereocenters. The maximum Gasteiger partial charge on any atom is 0.276 e. The van der Waals surface area contributed by atoms with Gasteiger partial charge in [-0.05, 0) is 24.3 Å². The average molecular weight is 341 g/mol. The van der Waals surface area contributed by atoms with Crippen molar-refractivity contribution < 1.29 is 18.3 Å². The highest BCUT2D eigenvalue weighted by atomic mass is 19.1. The van der Waals surface area contributed by atoms with Crippen molar-refractivity contribution in [3.63, 3.8) is 0 Å². The van der Waals surface area contributed by atoms with E-state index < -0.39 is 17.5 Å². The molecule has 1 aliphatic heterocycles. The molecule has 0 saturated heterocycles. The number of carbonyl (C=O) groups excluding carboxylic acids is 1. The third-order valence-corrected chi connectivity index (χ3v) is 4.05. The van der Waals surface area contributed by atoms with E-state index in [1.54, 1.807) is 11.7 Å². The fourth-order valence-corrected chi connectivity index (χ4v) is 2.94. The number of rotatable bonds is 2. The van der Waals surface area contributed by atoms with Gasteiger partial charge in [-0.3, -0.25) is 9.48 Å². The summed E-state index contributed by atoms with van der Waals surface area (Å²) in [5.74, 6) is -1.27. The van der Waals surface area contributed by atoms with Gasteiger partial charge in [0.25, 0.3) is 5.91 Å². The number of carbonyl (C=O) groups is 1. The molecular weight excluding hydrogens is 328 g/mol.